The summed E-state index contributed by atoms with van der Waals surface area (Å²) >= 11 is 14.0. The predicted molar refractivity (Wildman–Crippen MR) is 134 cm³/mol. The minimum atomic E-state index is -0.656. The molecule has 0 bridgehead atoms. The summed E-state index contributed by atoms with van der Waals surface area (Å²) in [6, 6.07) is 10.7. The molecule has 7 nitrogen and oxygen atoms in total. The molecule has 2 rings (SSSR count). The number of nitro benzene ring substituents is 1. The number of carbonyl (C=O) groups is 2. The minimum Gasteiger partial charge on any atom is -0.354 e. The third-order valence-electron chi connectivity index (χ3n) is 4.97. The van der Waals surface area contributed by atoms with Crippen molar-refractivity contribution < 1.29 is 14.5 Å². The van der Waals surface area contributed by atoms with Crippen LogP contribution in [-0.4, -0.2) is 40.0 Å². The fourth-order valence-electron chi connectivity index (χ4n) is 3.19. The number of thioether (sulfide) groups is 1. The maximum atomic E-state index is 13.2. The summed E-state index contributed by atoms with van der Waals surface area (Å²) in [5.41, 5.74) is 1.48. The van der Waals surface area contributed by atoms with E-state index in [1.807, 2.05) is 13.8 Å². The van der Waals surface area contributed by atoms with E-state index in [1.54, 1.807) is 30.3 Å². The van der Waals surface area contributed by atoms with Crippen molar-refractivity contribution in [2.24, 2.45) is 0 Å². The van der Waals surface area contributed by atoms with Crippen LogP contribution < -0.4 is 5.32 Å². The standard InChI is InChI=1S/C23H27Cl2N3O4S/c1-3-12-26-23(30)21(4-2)27(13-18-19(24)6-5-7-20(18)25)22(29)15-33-14-16-8-10-17(11-9-16)28(31)32/h5-11,21H,3-4,12-15H2,1-2H3,(H,26,30). The first-order valence-corrected chi connectivity index (χ1v) is 12.5. The lowest BCUT2D eigenvalue weighted by molar-refractivity contribution is -0.384. The van der Waals surface area contributed by atoms with Crippen LogP contribution in [0.4, 0.5) is 5.69 Å². The van der Waals surface area contributed by atoms with Crippen molar-refractivity contribution in [3.05, 3.63) is 73.8 Å². The Morgan fingerprint density at radius 2 is 1.76 bits per heavy atom. The van der Waals surface area contributed by atoms with Crippen LogP contribution in [0.15, 0.2) is 42.5 Å². The largest absolute Gasteiger partial charge is 0.354 e. The molecule has 2 aromatic rings. The third-order valence-corrected chi connectivity index (χ3v) is 6.66. The maximum absolute atomic E-state index is 13.2. The smallest absolute Gasteiger partial charge is 0.269 e. The number of rotatable bonds is 12. The molecule has 0 aliphatic rings. The van der Waals surface area contributed by atoms with Crippen molar-refractivity contribution in [2.45, 2.75) is 45.0 Å². The highest BCUT2D eigenvalue weighted by atomic mass is 35.5. The highest BCUT2D eigenvalue weighted by molar-refractivity contribution is 7.99. The van der Waals surface area contributed by atoms with E-state index in [2.05, 4.69) is 5.32 Å². The molecule has 0 aromatic heterocycles. The van der Waals surface area contributed by atoms with E-state index >= 15 is 0 Å². The SMILES string of the molecule is CCCNC(=O)C(CC)N(Cc1c(Cl)cccc1Cl)C(=O)CSCc1ccc([N+](=O)[O-])cc1. The fourth-order valence-corrected chi connectivity index (χ4v) is 4.58. The second-order valence-electron chi connectivity index (χ2n) is 7.35. The highest BCUT2D eigenvalue weighted by Gasteiger charge is 2.29. The van der Waals surface area contributed by atoms with Crippen LogP contribution in [0.3, 0.4) is 0 Å². The van der Waals surface area contributed by atoms with Gasteiger partial charge in [0.05, 0.1) is 10.7 Å². The van der Waals surface area contributed by atoms with Crippen LogP contribution in [0.5, 0.6) is 0 Å². The van der Waals surface area contributed by atoms with Gasteiger partial charge >= 0.3 is 0 Å². The Morgan fingerprint density at radius 3 is 2.30 bits per heavy atom. The van der Waals surface area contributed by atoms with E-state index in [0.29, 0.717) is 34.3 Å². The number of nitrogens with one attached hydrogen (secondary N) is 1. The van der Waals surface area contributed by atoms with Crippen molar-refractivity contribution in [3.63, 3.8) is 0 Å². The molecule has 0 aliphatic carbocycles. The van der Waals surface area contributed by atoms with Gasteiger partial charge in [0.1, 0.15) is 6.04 Å². The van der Waals surface area contributed by atoms with Crippen molar-refractivity contribution in [1.82, 2.24) is 10.2 Å². The molecule has 178 valence electrons. The normalized spacial score (nSPS) is 11.6. The third kappa shape index (κ3) is 7.91. The summed E-state index contributed by atoms with van der Waals surface area (Å²) in [6.07, 6.45) is 1.23. The Morgan fingerprint density at radius 1 is 1.12 bits per heavy atom. The van der Waals surface area contributed by atoms with Gasteiger partial charge in [-0.25, -0.2) is 0 Å². The Balaban J connectivity index is 2.15. The van der Waals surface area contributed by atoms with Crippen LogP contribution in [-0.2, 0) is 21.9 Å². The summed E-state index contributed by atoms with van der Waals surface area (Å²) in [7, 11) is 0. The molecule has 2 amide bonds. The van der Waals surface area contributed by atoms with Gasteiger partial charge in [0.15, 0.2) is 0 Å². The number of halogens is 2. The molecule has 1 unspecified atom stereocenters. The number of carbonyl (C=O) groups excluding carboxylic acids is 2. The molecular formula is C23H27Cl2N3O4S. The summed E-state index contributed by atoms with van der Waals surface area (Å²) in [4.78, 5) is 37.9. The zero-order valence-corrected chi connectivity index (χ0v) is 20.9. The Hall–Kier alpha value is -2.29. The molecule has 0 saturated carbocycles. The predicted octanol–water partition coefficient (Wildman–Crippen LogP) is 5.47. The van der Waals surface area contributed by atoms with Gasteiger partial charge in [0.2, 0.25) is 11.8 Å². The summed E-state index contributed by atoms with van der Waals surface area (Å²) in [5.74, 6) is 0.215. The minimum absolute atomic E-state index is 0.0199. The zero-order chi connectivity index (χ0) is 24.4. The number of nitrogens with zero attached hydrogens (tertiary/aromatic N) is 2. The molecule has 10 heteroatoms. The van der Waals surface area contributed by atoms with Gasteiger partial charge in [-0.15, -0.1) is 11.8 Å². The number of nitro groups is 1. The van der Waals surface area contributed by atoms with Gasteiger partial charge in [0, 0.05) is 46.6 Å². The van der Waals surface area contributed by atoms with Crippen LogP contribution >= 0.6 is 35.0 Å². The van der Waals surface area contributed by atoms with E-state index in [4.69, 9.17) is 23.2 Å². The fraction of sp³-hybridized carbons (Fsp3) is 0.391. The van der Waals surface area contributed by atoms with Gasteiger partial charge in [-0.2, -0.15) is 0 Å². The molecule has 0 radical (unpaired) electrons. The van der Waals surface area contributed by atoms with Crippen molar-refractivity contribution in [2.75, 3.05) is 12.3 Å². The molecule has 33 heavy (non-hydrogen) atoms. The lowest BCUT2D eigenvalue weighted by atomic mass is 10.1. The van der Waals surface area contributed by atoms with Crippen LogP contribution in [0.25, 0.3) is 0 Å². The van der Waals surface area contributed by atoms with E-state index in [0.717, 1.165) is 12.0 Å². The summed E-state index contributed by atoms with van der Waals surface area (Å²) in [5, 5.41) is 14.5. The molecular weight excluding hydrogens is 485 g/mol. The quantitative estimate of drug-likeness (QED) is 0.301. The van der Waals surface area contributed by atoms with Crippen LogP contribution in [0.2, 0.25) is 10.0 Å². The van der Waals surface area contributed by atoms with E-state index < -0.39 is 11.0 Å². The van der Waals surface area contributed by atoms with Gasteiger partial charge in [-0.1, -0.05) is 55.2 Å². The first-order valence-electron chi connectivity index (χ1n) is 10.6. The number of benzene rings is 2. The van der Waals surface area contributed by atoms with Gasteiger partial charge in [-0.05, 0) is 30.5 Å². The number of non-ortho nitro benzene ring substituents is 1. The topological polar surface area (TPSA) is 92.6 Å². The molecule has 1 N–H and O–H groups in total. The lowest BCUT2D eigenvalue weighted by Gasteiger charge is -2.31. The molecule has 1 atom stereocenters. The van der Waals surface area contributed by atoms with Crippen molar-refractivity contribution >= 4 is 52.5 Å². The van der Waals surface area contributed by atoms with Gasteiger partial charge in [-0.3, -0.25) is 19.7 Å². The first-order chi connectivity index (χ1) is 15.8. The monoisotopic (exact) mass is 511 g/mol. The zero-order valence-electron chi connectivity index (χ0n) is 18.6. The Labute approximate surface area is 208 Å². The van der Waals surface area contributed by atoms with E-state index in [9.17, 15) is 19.7 Å². The molecule has 2 aromatic carbocycles. The lowest BCUT2D eigenvalue weighted by Crippen LogP contribution is -2.49. The van der Waals surface area contributed by atoms with Crippen molar-refractivity contribution in [1.29, 1.82) is 0 Å². The maximum Gasteiger partial charge on any atom is 0.269 e. The molecule has 0 heterocycles. The molecule has 0 saturated heterocycles. The average Bonchev–Trinajstić information content (AvgIpc) is 2.79. The second-order valence-corrected chi connectivity index (χ2v) is 9.15. The van der Waals surface area contributed by atoms with Crippen LogP contribution in [0.1, 0.15) is 37.8 Å². The highest BCUT2D eigenvalue weighted by Crippen LogP contribution is 2.27. The summed E-state index contributed by atoms with van der Waals surface area (Å²) in [6.45, 7) is 4.46. The number of amides is 2. The van der Waals surface area contributed by atoms with Gasteiger partial charge in [0.25, 0.3) is 5.69 Å². The first kappa shape index (κ1) is 27.0. The Bertz CT molecular complexity index is 952. The Kier molecular flexibility index (Phi) is 11.0. The summed E-state index contributed by atoms with van der Waals surface area (Å²) < 4.78 is 0. The van der Waals surface area contributed by atoms with E-state index in [1.165, 1.54) is 28.8 Å². The number of hydrogen-bond acceptors (Lipinski definition) is 5. The van der Waals surface area contributed by atoms with Crippen molar-refractivity contribution in [3.8, 4) is 0 Å². The molecule has 0 spiro atoms. The number of hydrogen-bond donors (Lipinski definition) is 1. The van der Waals surface area contributed by atoms with E-state index in [-0.39, 0.29) is 29.8 Å². The molecule has 0 aliphatic heterocycles. The molecule has 0 fully saturated rings. The average molecular weight is 512 g/mol. The van der Waals surface area contributed by atoms with Crippen LogP contribution in [0, 0.1) is 10.1 Å². The second kappa shape index (κ2) is 13.4. The van der Waals surface area contributed by atoms with Gasteiger partial charge < -0.3 is 10.2 Å².